The van der Waals surface area contributed by atoms with Gasteiger partial charge in [0.15, 0.2) is 0 Å². The summed E-state index contributed by atoms with van der Waals surface area (Å²) in [5.41, 5.74) is 0. The summed E-state index contributed by atoms with van der Waals surface area (Å²) in [5.74, 6) is -0.306. The second kappa shape index (κ2) is 9.34. The van der Waals surface area contributed by atoms with Gasteiger partial charge in [0.2, 0.25) is 5.91 Å². The molecule has 0 atom stereocenters. The fourth-order valence-electron chi connectivity index (χ4n) is 2.68. The third kappa shape index (κ3) is 5.71. The fourth-order valence-corrected chi connectivity index (χ4v) is 2.68. The highest BCUT2D eigenvalue weighted by molar-refractivity contribution is 5.79. The van der Waals surface area contributed by atoms with Gasteiger partial charge in [-0.1, -0.05) is 25.0 Å². The van der Waals surface area contributed by atoms with Gasteiger partial charge in [-0.05, 0) is 12.8 Å². The summed E-state index contributed by atoms with van der Waals surface area (Å²) in [6.45, 7) is 8.72. The molecule has 118 valence electrons. The maximum atomic E-state index is 12.4. The van der Waals surface area contributed by atoms with E-state index in [1.807, 2.05) is 4.90 Å². The van der Waals surface area contributed by atoms with E-state index < -0.39 is 0 Å². The Bertz CT molecular complexity index is 366. The molecule has 1 fully saturated rings. The Morgan fingerprint density at radius 2 is 1.71 bits per heavy atom. The largest absolute Gasteiger partial charge is 0.468 e. The normalized spacial score (nSPS) is 15.0. The second-order valence-corrected chi connectivity index (χ2v) is 5.30. The molecule has 0 bridgehead atoms. The van der Waals surface area contributed by atoms with Crippen molar-refractivity contribution in [1.29, 1.82) is 0 Å². The monoisotopic (exact) mass is 294 g/mol. The molecule has 1 aliphatic carbocycles. The molecule has 0 radical (unpaired) electrons. The molecule has 5 nitrogen and oxygen atoms in total. The van der Waals surface area contributed by atoms with Crippen LogP contribution in [0.25, 0.3) is 0 Å². The van der Waals surface area contributed by atoms with Crippen molar-refractivity contribution >= 4 is 11.9 Å². The van der Waals surface area contributed by atoms with Gasteiger partial charge in [0.1, 0.15) is 0 Å². The fraction of sp³-hybridized carbons (Fsp3) is 0.625. The number of hydrogen-bond acceptors (Lipinski definition) is 4. The number of rotatable bonds is 9. The van der Waals surface area contributed by atoms with Gasteiger partial charge in [0.25, 0.3) is 0 Å². The third-order valence-electron chi connectivity index (χ3n) is 3.79. The molecule has 1 saturated carbocycles. The number of esters is 1. The Labute approximate surface area is 127 Å². The highest BCUT2D eigenvalue weighted by Gasteiger charge is 2.27. The van der Waals surface area contributed by atoms with Crippen molar-refractivity contribution in [2.75, 3.05) is 33.3 Å². The summed E-state index contributed by atoms with van der Waals surface area (Å²) in [4.78, 5) is 27.6. The molecule has 0 saturated heterocycles. The summed E-state index contributed by atoms with van der Waals surface area (Å²) in [6.07, 6.45) is 7.77. The molecule has 0 N–H and O–H groups in total. The number of methoxy groups -OCH3 is 1. The molecule has 1 aliphatic rings. The Morgan fingerprint density at radius 3 is 2.19 bits per heavy atom. The highest BCUT2D eigenvalue weighted by atomic mass is 16.5. The SMILES string of the molecule is C=CCN(CC=C)C(=O)CN(CC(=O)OC)C1CCCC1. The van der Waals surface area contributed by atoms with E-state index in [-0.39, 0.29) is 25.0 Å². The lowest BCUT2D eigenvalue weighted by Gasteiger charge is -2.29. The Hall–Kier alpha value is -1.62. The third-order valence-corrected chi connectivity index (χ3v) is 3.79. The molecule has 0 unspecified atom stereocenters. The van der Waals surface area contributed by atoms with Crippen molar-refractivity contribution in [3.63, 3.8) is 0 Å². The molecular formula is C16H26N2O3. The van der Waals surface area contributed by atoms with E-state index >= 15 is 0 Å². The van der Waals surface area contributed by atoms with Crippen molar-refractivity contribution in [3.8, 4) is 0 Å². The molecule has 0 aliphatic heterocycles. The summed E-state index contributed by atoms with van der Waals surface area (Å²) in [6, 6.07) is 0.294. The maximum Gasteiger partial charge on any atom is 0.319 e. The zero-order chi connectivity index (χ0) is 15.7. The van der Waals surface area contributed by atoms with E-state index in [1.165, 1.54) is 7.11 Å². The van der Waals surface area contributed by atoms with Crippen LogP contribution in [0.2, 0.25) is 0 Å². The average Bonchev–Trinajstić information content (AvgIpc) is 3.00. The van der Waals surface area contributed by atoms with Crippen molar-refractivity contribution in [1.82, 2.24) is 9.80 Å². The lowest BCUT2D eigenvalue weighted by Crippen LogP contribution is -2.46. The van der Waals surface area contributed by atoms with E-state index in [0.717, 1.165) is 25.7 Å². The smallest absolute Gasteiger partial charge is 0.319 e. The van der Waals surface area contributed by atoms with Gasteiger partial charge >= 0.3 is 5.97 Å². The van der Waals surface area contributed by atoms with Crippen LogP contribution in [0, 0.1) is 0 Å². The number of nitrogens with zero attached hydrogens (tertiary/aromatic N) is 2. The zero-order valence-electron chi connectivity index (χ0n) is 12.9. The number of amides is 1. The van der Waals surface area contributed by atoms with Crippen LogP contribution in [0.5, 0.6) is 0 Å². The molecule has 0 aromatic rings. The molecule has 0 spiro atoms. The molecular weight excluding hydrogens is 268 g/mol. The quantitative estimate of drug-likeness (QED) is 0.479. The van der Waals surface area contributed by atoms with Crippen LogP contribution in [0.4, 0.5) is 0 Å². The predicted octanol–water partition coefficient (Wildman–Crippen LogP) is 1.60. The van der Waals surface area contributed by atoms with Gasteiger partial charge in [0, 0.05) is 19.1 Å². The Kier molecular flexibility index (Phi) is 7.75. The van der Waals surface area contributed by atoms with Crippen molar-refractivity contribution in [3.05, 3.63) is 25.3 Å². The van der Waals surface area contributed by atoms with Crippen LogP contribution < -0.4 is 0 Å². The van der Waals surface area contributed by atoms with Crippen LogP contribution >= 0.6 is 0 Å². The first kappa shape index (κ1) is 17.4. The number of hydrogen-bond donors (Lipinski definition) is 0. The topological polar surface area (TPSA) is 49.9 Å². The summed E-state index contributed by atoms with van der Waals surface area (Å²) in [7, 11) is 1.37. The van der Waals surface area contributed by atoms with E-state index in [1.54, 1.807) is 17.1 Å². The van der Waals surface area contributed by atoms with E-state index in [9.17, 15) is 9.59 Å². The van der Waals surface area contributed by atoms with Crippen LogP contribution in [0.1, 0.15) is 25.7 Å². The summed E-state index contributed by atoms with van der Waals surface area (Å²) in [5, 5.41) is 0. The van der Waals surface area contributed by atoms with E-state index in [2.05, 4.69) is 13.2 Å². The second-order valence-electron chi connectivity index (χ2n) is 5.30. The lowest BCUT2D eigenvalue weighted by atomic mass is 10.2. The number of carbonyl (C=O) groups is 2. The Morgan fingerprint density at radius 1 is 1.14 bits per heavy atom. The van der Waals surface area contributed by atoms with Gasteiger partial charge in [-0.3, -0.25) is 14.5 Å². The molecule has 21 heavy (non-hydrogen) atoms. The lowest BCUT2D eigenvalue weighted by molar-refractivity contribution is -0.143. The van der Waals surface area contributed by atoms with E-state index in [4.69, 9.17) is 4.74 Å². The average molecular weight is 294 g/mol. The van der Waals surface area contributed by atoms with Crippen LogP contribution in [0.3, 0.4) is 0 Å². The van der Waals surface area contributed by atoms with Gasteiger partial charge < -0.3 is 9.64 Å². The standard InChI is InChI=1S/C16H26N2O3/c1-4-10-17(11-5-2)15(19)12-18(13-16(20)21-3)14-8-6-7-9-14/h4-5,14H,1-2,6-13H2,3H3. The molecule has 0 heterocycles. The molecule has 1 rings (SSSR count). The number of carbonyl (C=O) groups excluding carboxylic acids is 2. The zero-order valence-corrected chi connectivity index (χ0v) is 12.9. The van der Waals surface area contributed by atoms with Crippen molar-refractivity contribution < 1.29 is 14.3 Å². The van der Waals surface area contributed by atoms with Gasteiger partial charge in [-0.15, -0.1) is 13.2 Å². The first-order valence-electron chi connectivity index (χ1n) is 7.42. The summed E-state index contributed by atoms with van der Waals surface area (Å²) < 4.78 is 4.74. The Balaban J connectivity index is 2.68. The maximum absolute atomic E-state index is 12.4. The van der Waals surface area contributed by atoms with Gasteiger partial charge in [-0.2, -0.15) is 0 Å². The van der Waals surface area contributed by atoms with Gasteiger partial charge in [0.05, 0.1) is 20.2 Å². The molecule has 1 amide bonds. The number of ether oxygens (including phenoxy) is 1. The first-order chi connectivity index (χ1) is 10.1. The minimum atomic E-state index is -0.298. The molecule has 0 aromatic carbocycles. The predicted molar refractivity (Wildman–Crippen MR) is 82.8 cm³/mol. The minimum Gasteiger partial charge on any atom is -0.468 e. The summed E-state index contributed by atoms with van der Waals surface area (Å²) >= 11 is 0. The van der Waals surface area contributed by atoms with Crippen LogP contribution in [-0.2, 0) is 14.3 Å². The molecule has 0 aromatic heterocycles. The van der Waals surface area contributed by atoms with E-state index in [0.29, 0.717) is 19.1 Å². The van der Waals surface area contributed by atoms with Gasteiger partial charge in [-0.25, -0.2) is 0 Å². The van der Waals surface area contributed by atoms with Crippen LogP contribution in [-0.4, -0.2) is 61.0 Å². The van der Waals surface area contributed by atoms with Crippen molar-refractivity contribution in [2.24, 2.45) is 0 Å². The van der Waals surface area contributed by atoms with Crippen LogP contribution in [0.15, 0.2) is 25.3 Å². The minimum absolute atomic E-state index is 0.00870. The van der Waals surface area contributed by atoms with Crippen molar-refractivity contribution in [2.45, 2.75) is 31.7 Å². The highest BCUT2D eigenvalue weighted by Crippen LogP contribution is 2.23. The first-order valence-corrected chi connectivity index (χ1v) is 7.42. The molecule has 5 heteroatoms.